The Morgan fingerprint density at radius 1 is 1.45 bits per heavy atom. The van der Waals surface area contributed by atoms with Crippen LogP contribution in [0.25, 0.3) is 0 Å². The summed E-state index contributed by atoms with van der Waals surface area (Å²) in [6.45, 7) is 3.04. The molecule has 2 fully saturated rings. The van der Waals surface area contributed by atoms with Crippen molar-refractivity contribution in [3.05, 3.63) is 34.1 Å². The number of nitrogens with one attached hydrogen (secondary N) is 1. The van der Waals surface area contributed by atoms with Crippen molar-refractivity contribution in [2.45, 2.75) is 50.9 Å². The van der Waals surface area contributed by atoms with Crippen molar-refractivity contribution in [2.75, 3.05) is 6.54 Å². The van der Waals surface area contributed by atoms with Crippen molar-refractivity contribution in [1.29, 1.82) is 0 Å². The zero-order valence-electron chi connectivity index (χ0n) is 11.7. The topological polar surface area (TPSA) is 21.3 Å². The van der Waals surface area contributed by atoms with E-state index < -0.39 is 0 Å². The molecule has 0 spiro atoms. The fourth-order valence-corrected chi connectivity index (χ4v) is 3.95. The zero-order chi connectivity index (χ0) is 14.1. The highest BCUT2D eigenvalue weighted by atomic mass is 79.9. The summed E-state index contributed by atoms with van der Waals surface area (Å²) >= 11 is 3.46. The summed E-state index contributed by atoms with van der Waals surface area (Å²) < 4.78 is 21.1. The third-order valence-electron chi connectivity index (χ3n) is 4.49. The molecule has 4 unspecified atom stereocenters. The van der Waals surface area contributed by atoms with Crippen LogP contribution in [0.1, 0.15) is 44.2 Å². The molecule has 1 aromatic rings. The lowest BCUT2D eigenvalue weighted by Gasteiger charge is -2.30. The Balaban J connectivity index is 1.87. The van der Waals surface area contributed by atoms with Crippen LogP contribution in [0.2, 0.25) is 0 Å². The summed E-state index contributed by atoms with van der Waals surface area (Å²) in [7, 11) is 0. The van der Waals surface area contributed by atoms with Gasteiger partial charge < -0.3 is 10.1 Å². The van der Waals surface area contributed by atoms with Gasteiger partial charge in [0.05, 0.1) is 12.2 Å². The Morgan fingerprint density at radius 2 is 2.30 bits per heavy atom. The summed E-state index contributed by atoms with van der Waals surface area (Å²) in [6.07, 6.45) is 5.09. The van der Waals surface area contributed by atoms with E-state index in [0.29, 0.717) is 18.1 Å². The van der Waals surface area contributed by atoms with Gasteiger partial charge in [0, 0.05) is 22.0 Å². The van der Waals surface area contributed by atoms with Gasteiger partial charge in [-0.25, -0.2) is 4.39 Å². The first-order valence-electron chi connectivity index (χ1n) is 7.53. The molecule has 2 saturated heterocycles. The maximum Gasteiger partial charge on any atom is 0.128 e. The number of fused-ring (bicyclic) bond motifs is 2. The lowest BCUT2D eigenvalue weighted by molar-refractivity contribution is 0.0854. The number of halogens is 2. The Kier molecular flexibility index (Phi) is 4.43. The van der Waals surface area contributed by atoms with Crippen LogP contribution in [0, 0.1) is 11.7 Å². The molecule has 4 atom stereocenters. The molecule has 2 aliphatic heterocycles. The predicted octanol–water partition coefficient (Wildman–Crippen LogP) is 4.20. The fourth-order valence-electron chi connectivity index (χ4n) is 3.57. The number of benzene rings is 1. The van der Waals surface area contributed by atoms with E-state index in [1.54, 1.807) is 12.1 Å². The van der Waals surface area contributed by atoms with Crippen molar-refractivity contribution < 1.29 is 9.13 Å². The summed E-state index contributed by atoms with van der Waals surface area (Å²) in [5.41, 5.74) is 0.772. The Labute approximate surface area is 128 Å². The fraction of sp³-hybridized carbons (Fsp3) is 0.625. The Bertz CT molecular complexity index is 482. The van der Waals surface area contributed by atoms with Crippen molar-refractivity contribution in [2.24, 2.45) is 5.92 Å². The highest BCUT2D eigenvalue weighted by Crippen LogP contribution is 2.45. The first-order chi connectivity index (χ1) is 9.69. The average molecular weight is 342 g/mol. The molecule has 2 nitrogen and oxygen atoms in total. The number of rotatable bonds is 5. The molecular weight excluding hydrogens is 321 g/mol. The van der Waals surface area contributed by atoms with Crippen molar-refractivity contribution >= 4 is 15.9 Å². The normalized spacial score (nSPS) is 29.9. The SMILES string of the molecule is CCCNC(c1cc(Br)ccc1F)C1CC2CCC1O2. The summed E-state index contributed by atoms with van der Waals surface area (Å²) in [5, 5.41) is 3.54. The van der Waals surface area contributed by atoms with Crippen LogP contribution in [0.3, 0.4) is 0 Å². The van der Waals surface area contributed by atoms with Gasteiger partial charge in [-0.3, -0.25) is 0 Å². The molecule has 20 heavy (non-hydrogen) atoms. The quantitative estimate of drug-likeness (QED) is 0.866. The Morgan fingerprint density at radius 3 is 2.95 bits per heavy atom. The van der Waals surface area contributed by atoms with Gasteiger partial charge in [0.2, 0.25) is 0 Å². The minimum Gasteiger partial charge on any atom is -0.375 e. The lowest BCUT2D eigenvalue weighted by atomic mass is 9.81. The van der Waals surface area contributed by atoms with Gasteiger partial charge in [0.15, 0.2) is 0 Å². The van der Waals surface area contributed by atoms with Crippen molar-refractivity contribution in [3.63, 3.8) is 0 Å². The maximum absolute atomic E-state index is 14.2. The third kappa shape index (κ3) is 2.78. The standard InChI is InChI=1S/C16H21BrFNO/c1-2-7-19-16(12-8-10(17)3-5-14(12)18)13-9-11-4-6-15(13)20-11/h3,5,8,11,13,15-16,19H,2,4,6-7,9H2,1H3. The summed E-state index contributed by atoms with van der Waals surface area (Å²) in [6, 6.07) is 5.28. The van der Waals surface area contributed by atoms with Gasteiger partial charge in [-0.15, -0.1) is 0 Å². The minimum atomic E-state index is -0.121. The van der Waals surface area contributed by atoms with Crippen LogP contribution in [0.15, 0.2) is 22.7 Å². The third-order valence-corrected chi connectivity index (χ3v) is 4.98. The monoisotopic (exact) mass is 341 g/mol. The predicted molar refractivity (Wildman–Crippen MR) is 81.1 cm³/mol. The van der Waals surface area contributed by atoms with E-state index in [1.165, 1.54) is 6.42 Å². The summed E-state index contributed by atoms with van der Waals surface area (Å²) in [5.74, 6) is 0.272. The maximum atomic E-state index is 14.2. The Hall–Kier alpha value is -0.450. The zero-order valence-corrected chi connectivity index (χ0v) is 13.3. The number of ether oxygens (including phenoxy) is 1. The smallest absolute Gasteiger partial charge is 0.128 e. The molecule has 1 N–H and O–H groups in total. The molecular formula is C16H21BrFNO. The molecule has 4 heteroatoms. The van der Waals surface area contributed by atoms with Crippen LogP contribution >= 0.6 is 15.9 Å². The minimum absolute atomic E-state index is 0.0581. The van der Waals surface area contributed by atoms with E-state index in [4.69, 9.17) is 4.74 Å². The molecule has 3 rings (SSSR count). The van der Waals surface area contributed by atoms with Gasteiger partial charge >= 0.3 is 0 Å². The molecule has 0 aliphatic carbocycles. The molecule has 110 valence electrons. The molecule has 2 aliphatic rings. The van der Waals surface area contributed by atoms with E-state index in [-0.39, 0.29) is 11.9 Å². The van der Waals surface area contributed by atoms with Gasteiger partial charge in [-0.05, 0) is 50.4 Å². The van der Waals surface area contributed by atoms with Gasteiger partial charge in [0.1, 0.15) is 5.82 Å². The van der Waals surface area contributed by atoms with Crippen LogP contribution < -0.4 is 5.32 Å². The van der Waals surface area contributed by atoms with Gasteiger partial charge in [-0.2, -0.15) is 0 Å². The highest BCUT2D eigenvalue weighted by molar-refractivity contribution is 9.10. The number of hydrogen-bond acceptors (Lipinski definition) is 2. The van der Waals surface area contributed by atoms with Crippen LogP contribution in [0.4, 0.5) is 4.39 Å². The van der Waals surface area contributed by atoms with Crippen molar-refractivity contribution in [3.8, 4) is 0 Å². The average Bonchev–Trinajstić information content (AvgIpc) is 3.05. The van der Waals surface area contributed by atoms with Crippen LogP contribution in [0.5, 0.6) is 0 Å². The van der Waals surface area contributed by atoms with Crippen LogP contribution in [-0.2, 0) is 4.74 Å². The largest absolute Gasteiger partial charge is 0.375 e. The number of hydrogen-bond donors (Lipinski definition) is 1. The van der Waals surface area contributed by atoms with E-state index in [2.05, 4.69) is 28.2 Å². The molecule has 0 saturated carbocycles. The first kappa shape index (κ1) is 14.5. The second kappa shape index (κ2) is 6.12. The van der Waals surface area contributed by atoms with Crippen molar-refractivity contribution in [1.82, 2.24) is 5.32 Å². The summed E-state index contributed by atoms with van der Waals surface area (Å²) in [4.78, 5) is 0. The van der Waals surface area contributed by atoms with Gasteiger partial charge in [-0.1, -0.05) is 22.9 Å². The molecule has 0 aromatic heterocycles. The second-order valence-corrected chi connectivity index (χ2v) is 6.79. The van der Waals surface area contributed by atoms with Crippen LogP contribution in [-0.4, -0.2) is 18.8 Å². The molecule has 0 amide bonds. The molecule has 2 bridgehead atoms. The van der Waals surface area contributed by atoms with E-state index in [0.717, 1.165) is 35.8 Å². The van der Waals surface area contributed by atoms with E-state index in [9.17, 15) is 4.39 Å². The van der Waals surface area contributed by atoms with E-state index >= 15 is 0 Å². The molecule has 1 aromatic carbocycles. The first-order valence-corrected chi connectivity index (χ1v) is 8.32. The van der Waals surface area contributed by atoms with E-state index in [1.807, 2.05) is 6.07 Å². The highest BCUT2D eigenvalue weighted by Gasteiger charge is 2.45. The molecule has 0 radical (unpaired) electrons. The molecule has 2 heterocycles. The lowest BCUT2D eigenvalue weighted by Crippen LogP contribution is -2.34. The second-order valence-electron chi connectivity index (χ2n) is 5.87. The van der Waals surface area contributed by atoms with Gasteiger partial charge in [0.25, 0.3) is 0 Å².